The lowest BCUT2D eigenvalue weighted by atomic mass is 9.88. The van der Waals surface area contributed by atoms with E-state index >= 15 is 0 Å². The first-order valence-electron chi connectivity index (χ1n) is 10.8. The minimum absolute atomic E-state index is 0.0798. The van der Waals surface area contributed by atoms with Crippen molar-refractivity contribution in [2.75, 3.05) is 37.2 Å². The van der Waals surface area contributed by atoms with Crippen LogP contribution >= 0.6 is 11.6 Å². The molecule has 1 aliphatic carbocycles. The van der Waals surface area contributed by atoms with Crippen LogP contribution in [-0.4, -0.2) is 68.1 Å². The summed E-state index contributed by atoms with van der Waals surface area (Å²) in [6, 6.07) is 6.55. The van der Waals surface area contributed by atoms with E-state index in [4.69, 9.17) is 11.6 Å². The SMILES string of the molecule is CC1CCC(NS(=O)(=O)CC(=O)N2CCCN(C(=O)Nc3cccc(Cl)c3)CC2)CC1. The monoisotopic (exact) mass is 470 g/mol. The smallest absolute Gasteiger partial charge is 0.321 e. The molecule has 2 aliphatic rings. The largest absolute Gasteiger partial charge is 0.340 e. The molecule has 1 aliphatic heterocycles. The number of amides is 3. The molecular weight excluding hydrogens is 440 g/mol. The Balaban J connectivity index is 1.49. The first-order chi connectivity index (χ1) is 14.7. The van der Waals surface area contributed by atoms with Crippen molar-refractivity contribution in [2.24, 2.45) is 5.92 Å². The number of halogens is 1. The number of benzene rings is 1. The summed E-state index contributed by atoms with van der Waals surface area (Å²) in [5.74, 6) is -0.347. The van der Waals surface area contributed by atoms with Crippen LogP contribution in [0.4, 0.5) is 10.5 Å². The third kappa shape index (κ3) is 7.36. The lowest BCUT2D eigenvalue weighted by Crippen LogP contribution is -2.45. The van der Waals surface area contributed by atoms with Gasteiger partial charge in [0.05, 0.1) is 0 Å². The minimum Gasteiger partial charge on any atom is -0.340 e. The van der Waals surface area contributed by atoms with Crippen LogP contribution in [0.1, 0.15) is 39.0 Å². The van der Waals surface area contributed by atoms with Crippen molar-refractivity contribution in [1.82, 2.24) is 14.5 Å². The molecule has 0 aromatic heterocycles. The van der Waals surface area contributed by atoms with Crippen molar-refractivity contribution in [3.8, 4) is 0 Å². The van der Waals surface area contributed by atoms with E-state index in [2.05, 4.69) is 17.0 Å². The summed E-state index contributed by atoms with van der Waals surface area (Å²) >= 11 is 5.95. The normalized spacial score (nSPS) is 22.6. The summed E-state index contributed by atoms with van der Waals surface area (Å²) in [7, 11) is -3.68. The van der Waals surface area contributed by atoms with Gasteiger partial charge in [0.1, 0.15) is 5.75 Å². The maximum absolute atomic E-state index is 12.6. The summed E-state index contributed by atoms with van der Waals surface area (Å²) in [4.78, 5) is 28.3. The van der Waals surface area contributed by atoms with Gasteiger partial charge in [-0.15, -0.1) is 0 Å². The number of anilines is 1. The molecule has 0 unspecified atom stereocenters. The van der Waals surface area contributed by atoms with E-state index in [1.807, 2.05) is 0 Å². The third-order valence-corrected chi connectivity index (χ3v) is 7.44. The van der Waals surface area contributed by atoms with E-state index in [1.54, 1.807) is 29.2 Å². The van der Waals surface area contributed by atoms with Gasteiger partial charge in [0, 0.05) is 42.9 Å². The molecule has 8 nitrogen and oxygen atoms in total. The molecule has 2 N–H and O–H groups in total. The zero-order chi connectivity index (χ0) is 22.4. The average molecular weight is 471 g/mol. The Morgan fingerprint density at radius 3 is 2.45 bits per heavy atom. The van der Waals surface area contributed by atoms with Crippen LogP contribution in [0.3, 0.4) is 0 Å². The highest BCUT2D eigenvalue weighted by Gasteiger charge is 2.28. The summed E-state index contributed by atoms with van der Waals surface area (Å²) in [6.45, 7) is 3.73. The van der Waals surface area contributed by atoms with Crippen LogP contribution in [0.15, 0.2) is 24.3 Å². The quantitative estimate of drug-likeness (QED) is 0.691. The molecule has 1 saturated carbocycles. The number of rotatable bonds is 5. The van der Waals surface area contributed by atoms with Gasteiger partial charge in [0.2, 0.25) is 15.9 Å². The van der Waals surface area contributed by atoms with Crippen LogP contribution in [0.25, 0.3) is 0 Å². The standard InChI is InChI=1S/C21H31ClN4O4S/c1-16-6-8-18(9-7-16)24-31(29,30)15-20(27)25-10-3-11-26(13-12-25)21(28)23-19-5-2-4-17(22)14-19/h2,4-5,14,16,18,24H,3,6-13,15H2,1H3,(H,23,28). The highest BCUT2D eigenvalue weighted by atomic mass is 35.5. The van der Waals surface area contributed by atoms with E-state index in [-0.39, 0.29) is 12.1 Å². The van der Waals surface area contributed by atoms with E-state index in [1.165, 1.54) is 4.90 Å². The summed E-state index contributed by atoms with van der Waals surface area (Å²) < 4.78 is 27.7. The van der Waals surface area contributed by atoms with Gasteiger partial charge in [-0.1, -0.05) is 24.6 Å². The fourth-order valence-electron chi connectivity index (χ4n) is 4.07. The van der Waals surface area contributed by atoms with Gasteiger partial charge in [-0.05, 0) is 56.2 Å². The van der Waals surface area contributed by atoms with Crippen molar-refractivity contribution in [3.63, 3.8) is 0 Å². The second-order valence-corrected chi connectivity index (χ2v) is 10.7. The topological polar surface area (TPSA) is 98.8 Å². The van der Waals surface area contributed by atoms with Crippen LogP contribution in [-0.2, 0) is 14.8 Å². The Labute approximate surface area is 189 Å². The van der Waals surface area contributed by atoms with Crippen molar-refractivity contribution in [1.29, 1.82) is 0 Å². The second-order valence-electron chi connectivity index (χ2n) is 8.50. The maximum atomic E-state index is 12.6. The van der Waals surface area contributed by atoms with Gasteiger partial charge in [-0.25, -0.2) is 17.9 Å². The Bertz CT molecular complexity index is 887. The lowest BCUT2D eigenvalue weighted by molar-refractivity contribution is -0.128. The predicted octanol–water partition coefficient (Wildman–Crippen LogP) is 2.90. The molecule has 10 heteroatoms. The van der Waals surface area contributed by atoms with E-state index in [0.29, 0.717) is 49.2 Å². The number of nitrogens with one attached hydrogen (secondary N) is 2. The van der Waals surface area contributed by atoms with Gasteiger partial charge >= 0.3 is 6.03 Å². The Morgan fingerprint density at radius 2 is 1.74 bits per heavy atom. The molecule has 2 fully saturated rings. The molecule has 0 radical (unpaired) electrons. The third-order valence-electron chi connectivity index (χ3n) is 5.89. The van der Waals surface area contributed by atoms with E-state index in [0.717, 1.165) is 25.7 Å². The zero-order valence-corrected chi connectivity index (χ0v) is 19.4. The number of hydrogen-bond donors (Lipinski definition) is 2. The molecule has 1 heterocycles. The van der Waals surface area contributed by atoms with Gasteiger partial charge in [0.15, 0.2) is 0 Å². The van der Waals surface area contributed by atoms with Gasteiger partial charge in [-0.2, -0.15) is 0 Å². The second kappa shape index (κ2) is 10.7. The van der Waals surface area contributed by atoms with E-state index < -0.39 is 21.7 Å². The molecule has 1 aromatic rings. The number of urea groups is 1. The molecule has 1 aromatic carbocycles. The van der Waals surface area contributed by atoms with Gasteiger partial charge in [0.25, 0.3) is 0 Å². The molecular formula is C21H31ClN4O4S. The summed E-state index contributed by atoms with van der Waals surface area (Å²) in [5, 5.41) is 3.33. The molecule has 0 atom stereocenters. The van der Waals surface area contributed by atoms with Crippen molar-refractivity contribution in [3.05, 3.63) is 29.3 Å². The summed E-state index contributed by atoms with van der Waals surface area (Å²) in [5.41, 5.74) is 0.601. The highest BCUT2D eigenvalue weighted by molar-refractivity contribution is 7.90. The summed E-state index contributed by atoms with van der Waals surface area (Å²) in [6.07, 6.45) is 4.22. The van der Waals surface area contributed by atoms with Crippen molar-refractivity contribution < 1.29 is 18.0 Å². The van der Waals surface area contributed by atoms with E-state index in [9.17, 15) is 18.0 Å². The number of nitrogens with zero attached hydrogens (tertiary/aromatic N) is 2. The van der Waals surface area contributed by atoms with Crippen molar-refractivity contribution in [2.45, 2.75) is 45.1 Å². The molecule has 172 valence electrons. The highest BCUT2D eigenvalue weighted by Crippen LogP contribution is 2.24. The fraction of sp³-hybridized carbons (Fsp3) is 0.619. The Morgan fingerprint density at radius 1 is 1.06 bits per heavy atom. The zero-order valence-electron chi connectivity index (χ0n) is 17.8. The Kier molecular flexibility index (Phi) is 8.18. The number of carbonyl (C=O) groups excluding carboxylic acids is 2. The minimum atomic E-state index is -3.68. The molecule has 31 heavy (non-hydrogen) atoms. The fourth-order valence-corrected chi connectivity index (χ4v) is 5.59. The maximum Gasteiger partial charge on any atom is 0.321 e. The molecule has 3 rings (SSSR count). The molecule has 3 amide bonds. The van der Waals surface area contributed by atoms with Crippen LogP contribution < -0.4 is 10.0 Å². The van der Waals surface area contributed by atoms with Crippen LogP contribution in [0.2, 0.25) is 5.02 Å². The lowest BCUT2D eigenvalue weighted by Gasteiger charge is -2.27. The van der Waals surface area contributed by atoms with Crippen molar-refractivity contribution >= 4 is 39.2 Å². The number of carbonyl (C=O) groups is 2. The number of sulfonamides is 1. The molecule has 0 spiro atoms. The Hall–Kier alpha value is -1.84. The first kappa shape index (κ1) is 23.8. The van der Waals surface area contributed by atoms with Crippen LogP contribution in [0, 0.1) is 5.92 Å². The average Bonchev–Trinajstić information content (AvgIpc) is 2.96. The molecule has 1 saturated heterocycles. The first-order valence-corrected chi connectivity index (χ1v) is 12.8. The van der Waals surface area contributed by atoms with Crippen LogP contribution in [0.5, 0.6) is 0 Å². The molecule has 0 bridgehead atoms. The van der Waals surface area contributed by atoms with Gasteiger partial charge in [-0.3, -0.25) is 4.79 Å². The number of hydrogen-bond acceptors (Lipinski definition) is 4. The predicted molar refractivity (Wildman–Crippen MR) is 122 cm³/mol. The van der Waals surface area contributed by atoms with Gasteiger partial charge < -0.3 is 15.1 Å².